The third-order valence-electron chi connectivity index (χ3n) is 2.12. The molecular weight excluding hydrogens is 236 g/mol. The van der Waals surface area contributed by atoms with Crippen LogP contribution in [0.15, 0.2) is 18.2 Å². The summed E-state index contributed by atoms with van der Waals surface area (Å²) in [6, 6.07) is 3.97. The number of carbonyl (C=O) groups is 2. The number of ether oxygens (including phenoxy) is 1. The molecule has 0 spiro atoms. The smallest absolute Gasteiger partial charge is 0.250 e. The molecule has 0 saturated carbocycles. The molecule has 0 fully saturated rings. The molecular formula is C12H16N2O4. The zero-order valence-corrected chi connectivity index (χ0v) is 10.1. The van der Waals surface area contributed by atoms with Crippen LogP contribution in [0.5, 0.6) is 5.75 Å². The van der Waals surface area contributed by atoms with Crippen LogP contribution in [-0.4, -0.2) is 30.1 Å². The number of benzene rings is 1. The van der Waals surface area contributed by atoms with Crippen molar-refractivity contribution in [3.63, 3.8) is 0 Å². The number of hydrogen-bond acceptors (Lipinski definition) is 4. The van der Waals surface area contributed by atoms with Crippen LogP contribution in [0.2, 0.25) is 0 Å². The maximum Gasteiger partial charge on any atom is 0.250 e. The minimum Gasteiger partial charge on any atom is -0.508 e. The zero-order valence-electron chi connectivity index (χ0n) is 10.1. The van der Waals surface area contributed by atoms with Gasteiger partial charge in [-0.1, -0.05) is 6.92 Å². The molecule has 0 aliphatic heterocycles. The fourth-order valence-electron chi connectivity index (χ4n) is 1.34. The second kappa shape index (κ2) is 6.61. The number of amides is 2. The van der Waals surface area contributed by atoms with Gasteiger partial charge in [0.15, 0.2) is 0 Å². The van der Waals surface area contributed by atoms with E-state index in [9.17, 15) is 14.7 Å². The first-order chi connectivity index (χ1) is 8.54. The summed E-state index contributed by atoms with van der Waals surface area (Å²) in [6.45, 7) is 2.33. The number of hydrogen-bond donors (Lipinski definition) is 3. The molecule has 0 atom stereocenters. The van der Waals surface area contributed by atoms with Gasteiger partial charge in [-0.05, 0) is 24.6 Å². The lowest BCUT2D eigenvalue weighted by Crippen LogP contribution is -2.21. The summed E-state index contributed by atoms with van der Waals surface area (Å²) in [4.78, 5) is 22.6. The molecule has 0 heterocycles. The van der Waals surface area contributed by atoms with Gasteiger partial charge in [0, 0.05) is 6.61 Å². The highest BCUT2D eigenvalue weighted by Gasteiger charge is 2.11. The number of rotatable bonds is 6. The van der Waals surface area contributed by atoms with E-state index in [4.69, 9.17) is 10.5 Å². The summed E-state index contributed by atoms with van der Waals surface area (Å²) in [6.07, 6.45) is 0.818. The van der Waals surface area contributed by atoms with E-state index in [-0.39, 0.29) is 29.5 Å². The number of nitrogens with one attached hydrogen (secondary N) is 1. The van der Waals surface area contributed by atoms with Gasteiger partial charge in [0.2, 0.25) is 5.91 Å². The van der Waals surface area contributed by atoms with Crippen molar-refractivity contribution in [2.24, 2.45) is 5.73 Å². The minimum atomic E-state index is -0.726. The van der Waals surface area contributed by atoms with Crippen LogP contribution in [0.25, 0.3) is 0 Å². The molecule has 18 heavy (non-hydrogen) atoms. The van der Waals surface area contributed by atoms with Crippen molar-refractivity contribution in [2.75, 3.05) is 18.5 Å². The highest BCUT2D eigenvalue weighted by molar-refractivity contribution is 6.03. The van der Waals surface area contributed by atoms with Crippen molar-refractivity contribution in [3.05, 3.63) is 23.8 Å². The fraction of sp³-hybridized carbons (Fsp3) is 0.333. The van der Waals surface area contributed by atoms with E-state index < -0.39 is 5.91 Å². The highest BCUT2D eigenvalue weighted by Crippen LogP contribution is 2.20. The first-order valence-corrected chi connectivity index (χ1v) is 5.55. The van der Waals surface area contributed by atoms with Crippen LogP contribution >= 0.6 is 0 Å². The Morgan fingerprint density at radius 3 is 2.78 bits per heavy atom. The van der Waals surface area contributed by atoms with E-state index in [1.807, 2.05) is 6.92 Å². The number of nitrogens with two attached hydrogens (primary N) is 1. The van der Waals surface area contributed by atoms with Gasteiger partial charge in [0.05, 0.1) is 11.3 Å². The average Bonchev–Trinajstić information content (AvgIpc) is 2.31. The maximum absolute atomic E-state index is 11.5. The summed E-state index contributed by atoms with van der Waals surface area (Å²) < 4.78 is 5.06. The van der Waals surface area contributed by atoms with E-state index in [1.165, 1.54) is 18.2 Å². The number of phenols is 1. The quantitative estimate of drug-likeness (QED) is 0.516. The number of carbonyl (C=O) groups excluding carboxylic acids is 2. The molecule has 2 amide bonds. The van der Waals surface area contributed by atoms with Gasteiger partial charge >= 0.3 is 0 Å². The molecule has 0 aliphatic rings. The predicted molar refractivity (Wildman–Crippen MR) is 66.4 cm³/mol. The van der Waals surface area contributed by atoms with E-state index in [1.54, 1.807) is 0 Å². The fourth-order valence-corrected chi connectivity index (χ4v) is 1.34. The van der Waals surface area contributed by atoms with Crippen molar-refractivity contribution in [2.45, 2.75) is 13.3 Å². The minimum absolute atomic E-state index is 0.0545. The van der Waals surface area contributed by atoms with Crippen molar-refractivity contribution in [1.29, 1.82) is 0 Å². The molecule has 1 aromatic carbocycles. The second-order valence-corrected chi connectivity index (χ2v) is 3.69. The molecule has 98 valence electrons. The number of aromatic hydroxyl groups is 1. The van der Waals surface area contributed by atoms with Gasteiger partial charge in [-0.15, -0.1) is 0 Å². The summed E-state index contributed by atoms with van der Waals surface area (Å²) in [5.74, 6) is -1.20. The van der Waals surface area contributed by atoms with E-state index in [0.717, 1.165) is 6.42 Å². The Morgan fingerprint density at radius 2 is 2.17 bits per heavy atom. The van der Waals surface area contributed by atoms with Gasteiger partial charge in [-0.3, -0.25) is 9.59 Å². The zero-order chi connectivity index (χ0) is 13.5. The van der Waals surface area contributed by atoms with Crippen molar-refractivity contribution < 1.29 is 19.4 Å². The van der Waals surface area contributed by atoms with Crippen molar-refractivity contribution >= 4 is 17.5 Å². The molecule has 0 saturated heterocycles. The van der Waals surface area contributed by atoms with Crippen molar-refractivity contribution in [3.8, 4) is 5.75 Å². The summed E-state index contributed by atoms with van der Waals surface area (Å²) >= 11 is 0. The molecule has 0 bridgehead atoms. The van der Waals surface area contributed by atoms with Crippen LogP contribution in [0.3, 0.4) is 0 Å². The lowest BCUT2D eigenvalue weighted by molar-refractivity contribution is -0.120. The SMILES string of the molecule is CCCOCC(=O)Nc1ccc(O)cc1C(N)=O. The Morgan fingerprint density at radius 1 is 1.44 bits per heavy atom. The highest BCUT2D eigenvalue weighted by atomic mass is 16.5. The van der Waals surface area contributed by atoms with Crippen molar-refractivity contribution in [1.82, 2.24) is 0 Å². The Kier molecular flexibility index (Phi) is 5.13. The third kappa shape index (κ3) is 4.06. The van der Waals surface area contributed by atoms with Crippen LogP contribution in [-0.2, 0) is 9.53 Å². The van der Waals surface area contributed by atoms with Gasteiger partial charge in [0.25, 0.3) is 5.91 Å². The topological polar surface area (TPSA) is 102 Å². The Hall–Kier alpha value is -2.08. The first-order valence-electron chi connectivity index (χ1n) is 5.55. The lowest BCUT2D eigenvalue weighted by Gasteiger charge is -2.09. The molecule has 0 unspecified atom stereocenters. The Bertz CT molecular complexity index is 446. The standard InChI is InChI=1S/C12H16N2O4/c1-2-5-18-7-11(16)14-10-4-3-8(15)6-9(10)12(13)17/h3-4,6,15H,2,5,7H2,1H3,(H2,13,17)(H,14,16). The Balaban J connectivity index is 2.72. The second-order valence-electron chi connectivity index (χ2n) is 3.69. The molecule has 0 radical (unpaired) electrons. The van der Waals surface area contributed by atoms with Gasteiger partial charge in [-0.2, -0.15) is 0 Å². The van der Waals surface area contributed by atoms with Crippen LogP contribution < -0.4 is 11.1 Å². The molecule has 4 N–H and O–H groups in total. The first kappa shape index (κ1) is 14.0. The molecule has 6 nitrogen and oxygen atoms in total. The van der Waals surface area contributed by atoms with Gasteiger partial charge in [0.1, 0.15) is 12.4 Å². The predicted octanol–water partition coefficient (Wildman–Crippen LogP) is 0.856. The maximum atomic E-state index is 11.5. The third-order valence-corrected chi connectivity index (χ3v) is 2.12. The van der Waals surface area contributed by atoms with Crippen LogP contribution in [0.4, 0.5) is 5.69 Å². The lowest BCUT2D eigenvalue weighted by atomic mass is 10.1. The van der Waals surface area contributed by atoms with Gasteiger partial charge in [-0.25, -0.2) is 0 Å². The summed E-state index contributed by atoms with van der Waals surface area (Å²) in [5, 5.41) is 11.8. The molecule has 0 aromatic heterocycles. The molecule has 6 heteroatoms. The largest absolute Gasteiger partial charge is 0.508 e. The van der Waals surface area contributed by atoms with E-state index in [0.29, 0.717) is 6.61 Å². The Labute approximate surface area is 105 Å². The normalized spacial score (nSPS) is 10.1. The number of primary amides is 1. The van der Waals surface area contributed by atoms with Crippen LogP contribution in [0, 0.1) is 0 Å². The summed E-state index contributed by atoms with van der Waals surface area (Å²) in [7, 11) is 0. The summed E-state index contributed by atoms with van der Waals surface area (Å²) in [5.41, 5.74) is 5.46. The van der Waals surface area contributed by atoms with E-state index >= 15 is 0 Å². The monoisotopic (exact) mass is 252 g/mol. The molecule has 0 aliphatic carbocycles. The molecule has 1 rings (SSSR count). The van der Waals surface area contributed by atoms with Gasteiger partial charge < -0.3 is 20.9 Å². The number of phenolic OH excluding ortho intramolecular Hbond substituents is 1. The van der Waals surface area contributed by atoms with Crippen LogP contribution in [0.1, 0.15) is 23.7 Å². The van der Waals surface area contributed by atoms with E-state index in [2.05, 4.69) is 5.32 Å². The average molecular weight is 252 g/mol. The molecule has 1 aromatic rings. The number of anilines is 1.